The Kier molecular flexibility index (Phi) is 5.74. The lowest BCUT2D eigenvalue weighted by molar-refractivity contribution is 0.394. The van der Waals surface area contributed by atoms with Crippen molar-refractivity contribution in [3.63, 3.8) is 0 Å². The summed E-state index contributed by atoms with van der Waals surface area (Å²) in [5.74, 6) is 1.14. The van der Waals surface area contributed by atoms with E-state index in [1.165, 1.54) is 16.1 Å². The second kappa shape index (κ2) is 8.84. The number of aromatic nitrogens is 4. The third-order valence-corrected chi connectivity index (χ3v) is 7.07. The van der Waals surface area contributed by atoms with Gasteiger partial charge in [0.05, 0.1) is 18.1 Å². The van der Waals surface area contributed by atoms with E-state index >= 15 is 0 Å². The van der Waals surface area contributed by atoms with Crippen LogP contribution in [0.3, 0.4) is 0 Å². The molecule has 8 nitrogen and oxygen atoms in total. The fourth-order valence-corrected chi connectivity index (χ4v) is 4.76. The first-order chi connectivity index (χ1) is 16.0. The molecule has 0 unspecified atom stereocenters. The van der Waals surface area contributed by atoms with Gasteiger partial charge in [0.2, 0.25) is 10.0 Å². The van der Waals surface area contributed by atoms with Gasteiger partial charge in [0, 0.05) is 43.0 Å². The molecule has 0 amide bonds. The topological polar surface area (TPSA) is 102 Å². The molecule has 5 rings (SSSR count). The van der Waals surface area contributed by atoms with Gasteiger partial charge in [-0.1, -0.05) is 35.5 Å². The zero-order valence-electron chi connectivity index (χ0n) is 18.2. The summed E-state index contributed by atoms with van der Waals surface area (Å²) in [5.41, 5.74) is 6.05. The van der Waals surface area contributed by atoms with Crippen molar-refractivity contribution in [3.8, 4) is 22.7 Å². The van der Waals surface area contributed by atoms with Crippen molar-refractivity contribution >= 4 is 10.0 Å². The van der Waals surface area contributed by atoms with Crippen molar-refractivity contribution < 1.29 is 12.9 Å². The molecule has 1 aliphatic rings. The third-order valence-electron chi connectivity index (χ3n) is 5.82. The smallest absolute Gasteiger partial charge is 0.257 e. The summed E-state index contributed by atoms with van der Waals surface area (Å²) in [6, 6.07) is 14.1. The van der Waals surface area contributed by atoms with Gasteiger partial charge in [0.25, 0.3) is 5.89 Å². The summed E-state index contributed by atoms with van der Waals surface area (Å²) in [6.45, 7) is 0.888. The number of benzene rings is 2. The summed E-state index contributed by atoms with van der Waals surface area (Å²) < 4.78 is 30.6. The lowest BCUT2D eigenvalue weighted by Gasteiger charge is -2.26. The first-order valence-corrected chi connectivity index (χ1v) is 12.6. The molecule has 0 atom stereocenters. The number of sulfonamides is 1. The minimum Gasteiger partial charge on any atom is -0.334 e. The van der Waals surface area contributed by atoms with E-state index in [9.17, 15) is 8.42 Å². The molecule has 0 saturated heterocycles. The van der Waals surface area contributed by atoms with Crippen molar-refractivity contribution in [3.05, 3.63) is 83.6 Å². The average molecular weight is 462 g/mol. The van der Waals surface area contributed by atoms with Gasteiger partial charge in [-0.25, -0.2) is 8.42 Å². The highest BCUT2D eigenvalue weighted by atomic mass is 32.2. The molecule has 1 aliphatic heterocycles. The number of fused-ring (bicyclic) bond motifs is 1. The Morgan fingerprint density at radius 3 is 2.58 bits per heavy atom. The molecule has 4 aromatic rings. The van der Waals surface area contributed by atoms with Gasteiger partial charge < -0.3 is 4.52 Å². The quantitative estimate of drug-likeness (QED) is 0.434. The third kappa shape index (κ3) is 4.84. The van der Waals surface area contributed by atoms with Crippen molar-refractivity contribution in [2.45, 2.75) is 25.8 Å². The van der Waals surface area contributed by atoms with Gasteiger partial charge in [-0.3, -0.25) is 9.97 Å². The number of rotatable bonds is 6. The van der Waals surface area contributed by atoms with E-state index < -0.39 is 10.0 Å². The molecule has 2 aromatic carbocycles. The minimum atomic E-state index is -3.19. The van der Waals surface area contributed by atoms with Gasteiger partial charge in [-0.15, -0.1) is 0 Å². The Bertz CT molecular complexity index is 1370. The largest absolute Gasteiger partial charge is 0.334 e. The van der Waals surface area contributed by atoms with Gasteiger partial charge in [0.15, 0.2) is 5.82 Å². The van der Waals surface area contributed by atoms with E-state index in [-0.39, 0.29) is 0 Å². The first-order valence-electron chi connectivity index (χ1n) is 10.7. The summed E-state index contributed by atoms with van der Waals surface area (Å²) in [7, 11) is -3.19. The van der Waals surface area contributed by atoms with E-state index in [1.807, 2.05) is 30.3 Å². The minimum absolute atomic E-state index is 0.402. The zero-order valence-corrected chi connectivity index (χ0v) is 19.0. The number of hydrogen-bond acceptors (Lipinski definition) is 7. The van der Waals surface area contributed by atoms with E-state index in [0.29, 0.717) is 37.6 Å². The van der Waals surface area contributed by atoms with Gasteiger partial charge in [-0.2, -0.15) is 9.29 Å². The van der Waals surface area contributed by atoms with E-state index in [2.05, 4.69) is 32.2 Å². The summed E-state index contributed by atoms with van der Waals surface area (Å²) in [6.07, 6.45) is 8.48. The SMILES string of the molecule is CS(=O)(=O)N1CCc2cc(-c3nc(CCc4ccc(-c5cnccn5)cc4)no3)ccc2C1. The molecule has 0 radical (unpaired) electrons. The number of aryl methyl sites for hydroxylation is 2. The highest BCUT2D eigenvalue weighted by molar-refractivity contribution is 7.88. The molecule has 3 heterocycles. The Balaban J connectivity index is 1.24. The van der Waals surface area contributed by atoms with E-state index in [1.54, 1.807) is 18.6 Å². The highest BCUT2D eigenvalue weighted by Gasteiger charge is 2.23. The van der Waals surface area contributed by atoms with Crippen LogP contribution in [-0.4, -0.2) is 45.6 Å². The molecule has 0 saturated carbocycles. The maximum Gasteiger partial charge on any atom is 0.257 e. The van der Waals surface area contributed by atoms with Crippen LogP contribution in [0.25, 0.3) is 22.7 Å². The van der Waals surface area contributed by atoms with Crippen LogP contribution in [0.4, 0.5) is 0 Å². The Hall–Kier alpha value is -3.43. The second-order valence-electron chi connectivity index (χ2n) is 8.13. The van der Waals surface area contributed by atoms with Crippen LogP contribution in [0.15, 0.2) is 65.6 Å². The van der Waals surface area contributed by atoms with Crippen LogP contribution < -0.4 is 0 Å². The Morgan fingerprint density at radius 2 is 1.82 bits per heavy atom. The van der Waals surface area contributed by atoms with Crippen LogP contribution >= 0.6 is 0 Å². The van der Waals surface area contributed by atoms with Crippen molar-refractivity contribution in [1.82, 2.24) is 24.4 Å². The zero-order chi connectivity index (χ0) is 22.8. The van der Waals surface area contributed by atoms with Crippen LogP contribution in [0.5, 0.6) is 0 Å². The molecule has 0 fully saturated rings. The molecular weight excluding hydrogens is 438 g/mol. The molecular formula is C24H23N5O3S. The summed E-state index contributed by atoms with van der Waals surface area (Å²) >= 11 is 0. The number of hydrogen-bond donors (Lipinski definition) is 0. The molecule has 168 valence electrons. The molecule has 9 heteroatoms. The molecule has 0 aliphatic carbocycles. The summed E-state index contributed by atoms with van der Waals surface area (Å²) in [4.78, 5) is 13.0. The van der Waals surface area contributed by atoms with Gasteiger partial charge >= 0.3 is 0 Å². The molecule has 0 N–H and O–H groups in total. The van der Waals surface area contributed by atoms with Crippen LogP contribution in [0, 0.1) is 0 Å². The lowest BCUT2D eigenvalue weighted by atomic mass is 9.98. The highest BCUT2D eigenvalue weighted by Crippen LogP contribution is 2.26. The fraction of sp³-hybridized carbons (Fsp3) is 0.250. The normalized spacial score (nSPS) is 14.2. The standard InChI is InChI=1S/C24H23N5O3S/c1-33(30,31)29-13-10-19-14-20(7-8-21(19)16-29)24-27-23(28-32-24)9-4-17-2-5-18(6-3-17)22-15-25-11-12-26-22/h2-3,5-8,11-12,14-15H,4,9-10,13,16H2,1H3. The average Bonchev–Trinajstić information content (AvgIpc) is 3.31. The monoisotopic (exact) mass is 461 g/mol. The van der Waals surface area contributed by atoms with E-state index in [0.717, 1.165) is 34.4 Å². The van der Waals surface area contributed by atoms with Crippen LogP contribution in [0.2, 0.25) is 0 Å². The lowest BCUT2D eigenvalue weighted by Crippen LogP contribution is -2.35. The fourth-order valence-electron chi connectivity index (χ4n) is 3.96. The predicted octanol–water partition coefficient (Wildman–Crippen LogP) is 3.30. The number of nitrogens with zero attached hydrogens (tertiary/aromatic N) is 5. The van der Waals surface area contributed by atoms with Crippen molar-refractivity contribution in [2.24, 2.45) is 0 Å². The van der Waals surface area contributed by atoms with Gasteiger partial charge in [-0.05, 0) is 41.7 Å². The Morgan fingerprint density at radius 1 is 1.00 bits per heavy atom. The second-order valence-corrected chi connectivity index (χ2v) is 10.1. The molecule has 0 bridgehead atoms. The molecule has 33 heavy (non-hydrogen) atoms. The first kappa shape index (κ1) is 21.4. The van der Waals surface area contributed by atoms with Gasteiger partial charge in [0.1, 0.15) is 0 Å². The molecule has 2 aromatic heterocycles. The van der Waals surface area contributed by atoms with Crippen LogP contribution in [0.1, 0.15) is 22.5 Å². The van der Waals surface area contributed by atoms with Crippen molar-refractivity contribution in [2.75, 3.05) is 12.8 Å². The maximum absolute atomic E-state index is 11.8. The Labute approximate surface area is 192 Å². The predicted molar refractivity (Wildman–Crippen MR) is 124 cm³/mol. The maximum atomic E-state index is 11.8. The molecule has 0 spiro atoms. The van der Waals surface area contributed by atoms with Crippen molar-refractivity contribution in [1.29, 1.82) is 0 Å². The van der Waals surface area contributed by atoms with Crippen LogP contribution in [-0.2, 0) is 35.8 Å². The van der Waals surface area contributed by atoms with E-state index in [4.69, 9.17) is 4.52 Å². The summed E-state index contributed by atoms with van der Waals surface area (Å²) in [5, 5.41) is 4.14.